The first-order chi connectivity index (χ1) is 11.2. The molecule has 1 aromatic carbocycles. The van der Waals surface area contributed by atoms with Crippen LogP contribution in [0.4, 0.5) is 0 Å². The quantitative estimate of drug-likeness (QED) is 0.535. The lowest BCUT2D eigenvalue weighted by Crippen LogP contribution is -2.54. The van der Waals surface area contributed by atoms with Crippen LogP contribution in [0.5, 0.6) is 0 Å². The van der Waals surface area contributed by atoms with E-state index in [4.69, 9.17) is 28.3 Å². The number of carbonyl (C=O) groups excluding carboxylic acids is 2. The normalized spacial score (nSPS) is 13.2. The topological polar surface area (TPSA) is 95.5 Å². The van der Waals surface area contributed by atoms with E-state index in [0.29, 0.717) is 5.02 Å². The van der Waals surface area contributed by atoms with Crippen LogP contribution in [-0.4, -0.2) is 40.7 Å². The van der Waals surface area contributed by atoms with E-state index in [1.807, 2.05) is 0 Å². The first-order valence-electron chi connectivity index (χ1n) is 7.07. The molecule has 0 unspecified atom stereocenters. The smallest absolute Gasteiger partial charge is 0.327 e. The number of rotatable bonds is 7. The molecule has 0 bridgehead atoms. The maximum Gasteiger partial charge on any atom is 0.327 e. The van der Waals surface area contributed by atoms with Crippen LogP contribution in [0.1, 0.15) is 24.2 Å². The van der Waals surface area contributed by atoms with Gasteiger partial charge >= 0.3 is 5.97 Å². The van der Waals surface area contributed by atoms with Gasteiger partial charge in [-0.3, -0.25) is 9.59 Å². The standard InChI is InChI=1S/C15H18Cl2N2O4S/c1-7(2)12(14(21)18-11(6-24)15(22)23)19-13(20)9-4-3-8(16)5-10(9)17/h3-5,7,11-12,24H,6H2,1-2H3,(H,18,21)(H,19,20)(H,22,23)/t11-,12-/m1/s1. The number of amides is 2. The van der Waals surface area contributed by atoms with E-state index < -0.39 is 29.9 Å². The van der Waals surface area contributed by atoms with Gasteiger partial charge in [0.1, 0.15) is 12.1 Å². The number of thiol groups is 1. The van der Waals surface area contributed by atoms with E-state index in [0.717, 1.165) is 0 Å². The van der Waals surface area contributed by atoms with E-state index in [2.05, 4.69) is 23.3 Å². The molecule has 0 radical (unpaired) electrons. The van der Waals surface area contributed by atoms with Crippen molar-refractivity contribution in [3.63, 3.8) is 0 Å². The van der Waals surface area contributed by atoms with E-state index >= 15 is 0 Å². The van der Waals surface area contributed by atoms with Gasteiger partial charge in [0, 0.05) is 10.8 Å². The highest BCUT2D eigenvalue weighted by Gasteiger charge is 2.28. The molecular formula is C15H18Cl2N2O4S. The third-order valence-electron chi connectivity index (χ3n) is 3.21. The summed E-state index contributed by atoms with van der Waals surface area (Å²) in [5.41, 5.74) is 0.170. The Labute approximate surface area is 155 Å². The Morgan fingerprint density at radius 2 is 1.83 bits per heavy atom. The molecule has 132 valence electrons. The Balaban J connectivity index is 2.91. The molecule has 3 N–H and O–H groups in total. The van der Waals surface area contributed by atoms with Crippen molar-refractivity contribution >= 4 is 53.6 Å². The number of nitrogens with one attached hydrogen (secondary N) is 2. The third kappa shape index (κ3) is 5.58. The summed E-state index contributed by atoms with van der Waals surface area (Å²) >= 11 is 15.7. The molecule has 0 aliphatic carbocycles. The van der Waals surface area contributed by atoms with Crippen LogP contribution in [0.15, 0.2) is 18.2 Å². The summed E-state index contributed by atoms with van der Waals surface area (Å²) in [6.45, 7) is 3.45. The Morgan fingerprint density at radius 3 is 2.29 bits per heavy atom. The molecule has 0 aromatic heterocycles. The molecule has 6 nitrogen and oxygen atoms in total. The zero-order valence-corrected chi connectivity index (χ0v) is 15.5. The van der Waals surface area contributed by atoms with Gasteiger partial charge < -0.3 is 15.7 Å². The van der Waals surface area contributed by atoms with Gasteiger partial charge in [-0.25, -0.2) is 4.79 Å². The summed E-state index contributed by atoms with van der Waals surface area (Å²) < 4.78 is 0. The summed E-state index contributed by atoms with van der Waals surface area (Å²) in [5.74, 6) is -2.70. The van der Waals surface area contributed by atoms with Gasteiger partial charge in [0.25, 0.3) is 5.91 Å². The number of carboxylic acid groups (broad SMARTS) is 1. The third-order valence-corrected chi connectivity index (χ3v) is 4.12. The van der Waals surface area contributed by atoms with E-state index in [1.165, 1.54) is 18.2 Å². The second-order valence-electron chi connectivity index (χ2n) is 5.40. The fourth-order valence-corrected chi connectivity index (χ4v) is 2.62. The van der Waals surface area contributed by atoms with Crippen molar-refractivity contribution in [2.24, 2.45) is 5.92 Å². The SMILES string of the molecule is CC(C)[C@@H](NC(=O)c1ccc(Cl)cc1Cl)C(=O)N[C@H](CS)C(=O)O. The Kier molecular flexibility index (Phi) is 7.86. The van der Waals surface area contributed by atoms with Crippen molar-refractivity contribution in [1.82, 2.24) is 10.6 Å². The van der Waals surface area contributed by atoms with E-state index in [9.17, 15) is 14.4 Å². The highest BCUT2D eigenvalue weighted by molar-refractivity contribution is 7.80. The van der Waals surface area contributed by atoms with Gasteiger partial charge in [-0.1, -0.05) is 37.0 Å². The largest absolute Gasteiger partial charge is 0.480 e. The fourth-order valence-electron chi connectivity index (χ4n) is 1.87. The average molecular weight is 393 g/mol. The Bertz CT molecular complexity index is 640. The van der Waals surface area contributed by atoms with Crippen molar-refractivity contribution < 1.29 is 19.5 Å². The molecule has 0 spiro atoms. The van der Waals surface area contributed by atoms with Crippen LogP contribution >= 0.6 is 35.8 Å². The first-order valence-corrected chi connectivity index (χ1v) is 8.46. The monoisotopic (exact) mass is 392 g/mol. The van der Waals surface area contributed by atoms with Crippen LogP contribution < -0.4 is 10.6 Å². The van der Waals surface area contributed by atoms with Gasteiger partial charge in [0.15, 0.2) is 0 Å². The molecule has 24 heavy (non-hydrogen) atoms. The Hall–Kier alpha value is -1.44. The molecule has 1 rings (SSSR count). The average Bonchev–Trinajstić information content (AvgIpc) is 2.48. The molecule has 2 atom stereocenters. The van der Waals surface area contributed by atoms with Gasteiger partial charge in [-0.15, -0.1) is 0 Å². The second kappa shape index (κ2) is 9.15. The number of carboxylic acids is 1. The van der Waals surface area contributed by atoms with Crippen molar-refractivity contribution in [1.29, 1.82) is 0 Å². The molecule has 0 saturated carbocycles. The Morgan fingerprint density at radius 1 is 1.21 bits per heavy atom. The summed E-state index contributed by atoms with van der Waals surface area (Å²) in [5, 5.41) is 14.4. The summed E-state index contributed by atoms with van der Waals surface area (Å²) in [4.78, 5) is 35.6. The molecule has 1 aromatic rings. The zero-order chi connectivity index (χ0) is 18.4. The van der Waals surface area contributed by atoms with Crippen molar-refractivity contribution in [2.75, 3.05) is 5.75 Å². The lowest BCUT2D eigenvalue weighted by atomic mass is 10.0. The minimum Gasteiger partial charge on any atom is -0.480 e. The molecule has 9 heteroatoms. The number of carbonyl (C=O) groups is 3. The van der Waals surface area contributed by atoms with Gasteiger partial charge in [0.05, 0.1) is 10.6 Å². The van der Waals surface area contributed by atoms with Crippen LogP contribution in [-0.2, 0) is 9.59 Å². The van der Waals surface area contributed by atoms with Crippen LogP contribution in [0.2, 0.25) is 10.0 Å². The molecular weight excluding hydrogens is 375 g/mol. The van der Waals surface area contributed by atoms with Crippen molar-refractivity contribution in [3.8, 4) is 0 Å². The predicted octanol–water partition coefficient (Wildman–Crippen LogP) is 2.25. The van der Waals surface area contributed by atoms with Crippen LogP contribution in [0, 0.1) is 5.92 Å². The van der Waals surface area contributed by atoms with Crippen LogP contribution in [0.3, 0.4) is 0 Å². The zero-order valence-electron chi connectivity index (χ0n) is 13.0. The summed E-state index contributed by atoms with van der Waals surface area (Å²) in [6.07, 6.45) is 0. The molecule has 2 amide bonds. The number of halogens is 2. The molecule has 0 fully saturated rings. The predicted molar refractivity (Wildman–Crippen MR) is 96.0 cm³/mol. The van der Waals surface area contributed by atoms with Gasteiger partial charge in [-0.05, 0) is 24.1 Å². The number of aliphatic carboxylic acids is 1. The summed E-state index contributed by atoms with van der Waals surface area (Å²) in [6, 6.07) is 2.31. The number of hydrogen-bond acceptors (Lipinski definition) is 4. The van der Waals surface area contributed by atoms with Gasteiger partial charge in [0.2, 0.25) is 5.91 Å². The highest BCUT2D eigenvalue weighted by Crippen LogP contribution is 2.21. The van der Waals surface area contributed by atoms with Crippen LogP contribution in [0.25, 0.3) is 0 Å². The minimum atomic E-state index is -1.20. The van der Waals surface area contributed by atoms with Crippen molar-refractivity contribution in [2.45, 2.75) is 25.9 Å². The van der Waals surface area contributed by atoms with Gasteiger partial charge in [-0.2, -0.15) is 12.6 Å². The molecule has 0 aliphatic heterocycles. The lowest BCUT2D eigenvalue weighted by molar-refractivity contribution is -0.141. The number of benzene rings is 1. The minimum absolute atomic E-state index is 0.0666. The molecule has 0 saturated heterocycles. The first kappa shape index (κ1) is 20.6. The fraction of sp³-hybridized carbons (Fsp3) is 0.400. The second-order valence-corrected chi connectivity index (χ2v) is 6.61. The maximum absolute atomic E-state index is 12.3. The summed E-state index contributed by atoms with van der Waals surface area (Å²) in [7, 11) is 0. The molecule has 0 heterocycles. The lowest BCUT2D eigenvalue weighted by Gasteiger charge is -2.23. The van der Waals surface area contributed by atoms with Crippen molar-refractivity contribution in [3.05, 3.63) is 33.8 Å². The maximum atomic E-state index is 12.3. The van der Waals surface area contributed by atoms with E-state index in [-0.39, 0.29) is 22.3 Å². The van der Waals surface area contributed by atoms with E-state index in [1.54, 1.807) is 13.8 Å². The number of hydrogen-bond donors (Lipinski definition) is 4. The molecule has 0 aliphatic rings. The highest BCUT2D eigenvalue weighted by atomic mass is 35.5.